The molecule has 0 bridgehead atoms. The molecule has 0 unspecified atom stereocenters. The van der Waals surface area contributed by atoms with Crippen LogP contribution in [0.1, 0.15) is 35.6 Å². The topological polar surface area (TPSA) is 9.23 Å². The SMILES string of the molecule is CCCc1ccc(C2=CCc3cc(OC(F)(F)F)c(F)cc3C2)c(F)c1. The third-order valence-corrected chi connectivity index (χ3v) is 4.35. The molecular weight excluding hydrogens is 351 g/mol. The summed E-state index contributed by atoms with van der Waals surface area (Å²) in [7, 11) is 0. The van der Waals surface area contributed by atoms with Crippen molar-refractivity contribution in [1.82, 2.24) is 0 Å². The third kappa shape index (κ3) is 4.06. The van der Waals surface area contributed by atoms with Crippen molar-refractivity contribution in [2.45, 2.75) is 39.0 Å². The number of hydrogen-bond donors (Lipinski definition) is 0. The minimum Gasteiger partial charge on any atom is -0.403 e. The number of rotatable bonds is 4. The number of ether oxygens (including phenoxy) is 1. The fourth-order valence-corrected chi connectivity index (χ4v) is 3.17. The van der Waals surface area contributed by atoms with Gasteiger partial charge in [0.05, 0.1) is 0 Å². The maximum Gasteiger partial charge on any atom is 0.573 e. The Morgan fingerprint density at radius 2 is 1.77 bits per heavy atom. The van der Waals surface area contributed by atoms with E-state index in [0.717, 1.165) is 30.5 Å². The van der Waals surface area contributed by atoms with Gasteiger partial charge in [-0.1, -0.05) is 31.6 Å². The van der Waals surface area contributed by atoms with E-state index < -0.39 is 17.9 Å². The molecule has 2 aromatic rings. The quantitative estimate of drug-likeness (QED) is 0.602. The molecule has 1 aliphatic carbocycles. The highest BCUT2D eigenvalue weighted by molar-refractivity contribution is 5.71. The van der Waals surface area contributed by atoms with Gasteiger partial charge in [-0.15, -0.1) is 13.2 Å². The maximum absolute atomic E-state index is 14.4. The van der Waals surface area contributed by atoms with Gasteiger partial charge in [-0.05, 0) is 59.7 Å². The summed E-state index contributed by atoms with van der Waals surface area (Å²) in [5, 5.41) is 0. The molecule has 2 aromatic carbocycles. The van der Waals surface area contributed by atoms with E-state index in [1.165, 1.54) is 6.07 Å². The van der Waals surface area contributed by atoms with Crippen LogP contribution >= 0.6 is 0 Å². The first-order valence-electron chi connectivity index (χ1n) is 8.31. The van der Waals surface area contributed by atoms with Crippen molar-refractivity contribution in [2.75, 3.05) is 0 Å². The molecule has 0 fully saturated rings. The van der Waals surface area contributed by atoms with E-state index in [9.17, 15) is 22.0 Å². The second-order valence-corrected chi connectivity index (χ2v) is 6.27. The van der Waals surface area contributed by atoms with Gasteiger partial charge in [-0.2, -0.15) is 0 Å². The highest BCUT2D eigenvalue weighted by Gasteiger charge is 2.33. The minimum absolute atomic E-state index is 0.253. The largest absolute Gasteiger partial charge is 0.573 e. The fraction of sp³-hybridized carbons (Fsp3) is 0.300. The van der Waals surface area contributed by atoms with Crippen LogP contribution in [0.15, 0.2) is 36.4 Å². The van der Waals surface area contributed by atoms with Crippen molar-refractivity contribution in [3.8, 4) is 5.75 Å². The summed E-state index contributed by atoms with van der Waals surface area (Å²) in [5.74, 6) is -2.27. The van der Waals surface area contributed by atoms with Gasteiger partial charge in [-0.25, -0.2) is 8.78 Å². The van der Waals surface area contributed by atoms with Crippen LogP contribution < -0.4 is 4.74 Å². The smallest absolute Gasteiger partial charge is 0.403 e. The molecule has 0 amide bonds. The molecule has 0 heterocycles. The molecule has 0 radical (unpaired) electrons. The molecule has 1 nitrogen and oxygen atoms in total. The van der Waals surface area contributed by atoms with Crippen molar-refractivity contribution in [3.63, 3.8) is 0 Å². The van der Waals surface area contributed by atoms with Crippen LogP contribution in [-0.4, -0.2) is 6.36 Å². The molecule has 6 heteroatoms. The lowest BCUT2D eigenvalue weighted by Gasteiger charge is -2.20. The molecule has 1 aliphatic rings. The van der Waals surface area contributed by atoms with Crippen LogP contribution in [-0.2, 0) is 19.3 Å². The van der Waals surface area contributed by atoms with Crippen molar-refractivity contribution < 1.29 is 26.7 Å². The zero-order chi connectivity index (χ0) is 18.9. The molecular formula is C20H17F5O. The Kier molecular flexibility index (Phi) is 5.03. The van der Waals surface area contributed by atoms with Crippen LogP contribution in [0.4, 0.5) is 22.0 Å². The molecule has 0 aromatic heterocycles. The average Bonchev–Trinajstić information content (AvgIpc) is 2.54. The predicted molar refractivity (Wildman–Crippen MR) is 88.9 cm³/mol. The second kappa shape index (κ2) is 7.09. The van der Waals surface area contributed by atoms with E-state index in [1.807, 2.05) is 13.0 Å². The van der Waals surface area contributed by atoms with Gasteiger partial charge in [0.15, 0.2) is 11.6 Å². The maximum atomic E-state index is 14.4. The summed E-state index contributed by atoms with van der Waals surface area (Å²) in [4.78, 5) is 0. The first-order chi connectivity index (χ1) is 12.3. The predicted octanol–water partition coefficient (Wildman–Crippen LogP) is 6.00. The van der Waals surface area contributed by atoms with Gasteiger partial charge in [0.1, 0.15) is 5.82 Å². The standard InChI is InChI=1S/C20H17F5O/c1-2-3-12-4-7-16(17(21)8-12)14-6-5-13-11-19(26-20(23,24)25)18(22)10-15(13)9-14/h4,6-8,10-11H,2-3,5,9H2,1H3. The van der Waals surface area contributed by atoms with Crippen molar-refractivity contribution >= 4 is 5.57 Å². The van der Waals surface area contributed by atoms with Crippen molar-refractivity contribution in [3.05, 3.63) is 70.3 Å². The van der Waals surface area contributed by atoms with E-state index in [4.69, 9.17) is 0 Å². The molecule has 0 spiro atoms. The highest BCUT2D eigenvalue weighted by Crippen LogP contribution is 2.34. The normalized spacial score (nSPS) is 14.0. The lowest BCUT2D eigenvalue weighted by molar-refractivity contribution is -0.275. The number of halogens is 5. The Hall–Kier alpha value is -2.37. The van der Waals surface area contributed by atoms with Gasteiger partial charge in [-0.3, -0.25) is 0 Å². The molecule has 0 saturated heterocycles. The summed E-state index contributed by atoms with van der Waals surface area (Å²) in [6, 6.07) is 7.16. The first kappa shape index (κ1) is 18.4. The van der Waals surface area contributed by atoms with E-state index in [2.05, 4.69) is 4.74 Å². The Morgan fingerprint density at radius 3 is 2.42 bits per heavy atom. The molecule has 0 atom stereocenters. The lowest BCUT2D eigenvalue weighted by Crippen LogP contribution is -2.18. The number of hydrogen-bond acceptors (Lipinski definition) is 1. The Morgan fingerprint density at radius 1 is 1.00 bits per heavy atom. The van der Waals surface area contributed by atoms with Crippen LogP contribution in [0.2, 0.25) is 0 Å². The third-order valence-electron chi connectivity index (χ3n) is 4.35. The number of allylic oxidation sites excluding steroid dienone is 2. The summed E-state index contributed by atoms with van der Waals surface area (Å²) in [6.07, 6.45) is -0.954. The number of fused-ring (bicyclic) bond motifs is 1. The second-order valence-electron chi connectivity index (χ2n) is 6.27. The van der Waals surface area contributed by atoms with Gasteiger partial charge in [0.2, 0.25) is 0 Å². The first-order valence-corrected chi connectivity index (χ1v) is 8.31. The Balaban J connectivity index is 1.86. The van der Waals surface area contributed by atoms with Crippen molar-refractivity contribution in [2.24, 2.45) is 0 Å². The van der Waals surface area contributed by atoms with Gasteiger partial charge in [0.25, 0.3) is 0 Å². The summed E-state index contributed by atoms with van der Waals surface area (Å²) in [5.41, 5.74) is 3.11. The lowest BCUT2D eigenvalue weighted by atomic mass is 9.87. The van der Waals surface area contributed by atoms with Crippen LogP contribution in [0, 0.1) is 11.6 Å². The number of alkyl halides is 3. The summed E-state index contributed by atoms with van der Waals surface area (Å²) >= 11 is 0. The molecule has 0 aliphatic heterocycles. The fourth-order valence-electron chi connectivity index (χ4n) is 3.17. The van der Waals surface area contributed by atoms with E-state index in [-0.39, 0.29) is 18.7 Å². The van der Waals surface area contributed by atoms with Gasteiger partial charge in [0, 0.05) is 5.56 Å². The van der Waals surface area contributed by atoms with Crippen LogP contribution in [0.25, 0.3) is 5.57 Å². The number of aryl methyl sites for hydroxylation is 1. The van der Waals surface area contributed by atoms with Crippen LogP contribution in [0.5, 0.6) is 5.75 Å². The summed E-state index contributed by atoms with van der Waals surface area (Å²) < 4.78 is 69.0. The molecule has 0 N–H and O–H groups in total. The van der Waals surface area contributed by atoms with Crippen molar-refractivity contribution in [1.29, 1.82) is 0 Å². The van der Waals surface area contributed by atoms with E-state index in [0.29, 0.717) is 22.3 Å². The molecule has 0 saturated carbocycles. The zero-order valence-corrected chi connectivity index (χ0v) is 14.1. The zero-order valence-electron chi connectivity index (χ0n) is 14.1. The van der Waals surface area contributed by atoms with E-state index in [1.54, 1.807) is 12.1 Å². The Labute approximate surface area is 148 Å². The minimum atomic E-state index is -4.95. The molecule has 26 heavy (non-hydrogen) atoms. The summed E-state index contributed by atoms with van der Waals surface area (Å²) in [6.45, 7) is 2.01. The van der Waals surface area contributed by atoms with Gasteiger partial charge >= 0.3 is 6.36 Å². The Bertz CT molecular complexity index is 852. The van der Waals surface area contributed by atoms with Crippen LogP contribution in [0.3, 0.4) is 0 Å². The van der Waals surface area contributed by atoms with Gasteiger partial charge < -0.3 is 4.74 Å². The highest BCUT2D eigenvalue weighted by atomic mass is 19.4. The van der Waals surface area contributed by atoms with E-state index >= 15 is 0 Å². The number of benzene rings is 2. The molecule has 3 rings (SSSR count). The average molecular weight is 368 g/mol. The monoisotopic (exact) mass is 368 g/mol. The molecule has 138 valence electrons.